The van der Waals surface area contributed by atoms with Crippen LogP contribution in [0, 0.1) is 0 Å². The minimum atomic E-state index is -1.28. The van der Waals surface area contributed by atoms with Crippen LogP contribution < -0.4 is 0 Å². The highest BCUT2D eigenvalue weighted by Gasteiger charge is 2.53. The highest BCUT2D eigenvalue weighted by atomic mass is 16.7. The van der Waals surface area contributed by atoms with E-state index in [1.807, 2.05) is 58.0 Å². The van der Waals surface area contributed by atoms with Crippen molar-refractivity contribution in [3.63, 3.8) is 0 Å². The first-order valence-corrected chi connectivity index (χ1v) is 16.7. The van der Waals surface area contributed by atoms with Crippen LogP contribution >= 0.6 is 0 Å². The van der Waals surface area contributed by atoms with Crippen LogP contribution in [0.2, 0.25) is 0 Å². The number of unbranched alkanes of at least 4 members (excludes halogenated alkanes) is 4. The lowest BCUT2D eigenvalue weighted by atomic mass is 9.97. The topological polar surface area (TPSA) is 145 Å². The summed E-state index contributed by atoms with van der Waals surface area (Å²) in [6.07, 6.45) is 1.75. The summed E-state index contributed by atoms with van der Waals surface area (Å²) < 4.78 is 31.3. The average Bonchev–Trinajstić information content (AvgIpc) is 3.56. The molecule has 0 radical (unpaired) electrons. The molecule has 1 saturated heterocycles. The van der Waals surface area contributed by atoms with Crippen LogP contribution in [-0.4, -0.2) is 69.9 Å². The molecule has 0 bridgehead atoms. The van der Waals surface area contributed by atoms with Gasteiger partial charge in [0.25, 0.3) is 0 Å². The Morgan fingerprint density at radius 2 is 1.20 bits per heavy atom. The van der Waals surface area contributed by atoms with Gasteiger partial charge in [-0.05, 0) is 25.7 Å². The Labute approximate surface area is 271 Å². The van der Waals surface area contributed by atoms with E-state index < -0.39 is 54.5 Å². The van der Waals surface area contributed by atoms with Crippen LogP contribution in [0.1, 0.15) is 111 Å². The maximum absolute atomic E-state index is 13.1. The maximum Gasteiger partial charge on any atom is 0.306 e. The Bertz CT molecular complexity index is 1240. The molecule has 254 valence electrons. The number of rotatable bonds is 19. The standard InChI is InChI=1S/C34H49N3O9/c1-5-9-18-27(38)42-23-26-31(44-28(39)19-10-6-2)32(45-29(40)20-11-7-3)33(46-30(41)21-12-8-4)34(43-26)37-22-25(35-36-37)24-16-14-13-15-17-24/h13-17,22,26,31-34H,5-12,18-21,23H2,1-4H3/t26-,31+,32+,33-,34-/m1/s1. The van der Waals surface area contributed by atoms with Gasteiger partial charge in [0.2, 0.25) is 0 Å². The quantitative estimate of drug-likeness (QED) is 0.134. The number of carbonyl (C=O) groups excluding carboxylic acids is 4. The average molecular weight is 644 g/mol. The second kappa shape index (κ2) is 19.7. The van der Waals surface area contributed by atoms with Gasteiger partial charge in [0.05, 0.1) is 6.20 Å². The van der Waals surface area contributed by atoms with E-state index in [0.717, 1.165) is 31.2 Å². The van der Waals surface area contributed by atoms with Crippen LogP contribution in [0.3, 0.4) is 0 Å². The lowest BCUT2D eigenvalue weighted by Crippen LogP contribution is -2.61. The minimum absolute atomic E-state index is 0.115. The van der Waals surface area contributed by atoms with Crippen molar-refractivity contribution < 1.29 is 42.9 Å². The van der Waals surface area contributed by atoms with Crippen LogP contribution in [0.4, 0.5) is 0 Å². The predicted octanol–water partition coefficient (Wildman–Crippen LogP) is 5.88. The number of ether oxygens (including phenoxy) is 5. The van der Waals surface area contributed by atoms with Crippen molar-refractivity contribution in [2.45, 2.75) is 135 Å². The molecule has 2 aromatic rings. The molecule has 0 amide bonds. The van der Waals surface area contributed by atoms with Crippen LogP contribution in [-0.2, 0) is 42.9 Å². The zero-order valence-electron chi connectivity index (χ0n) is 27.6. The van der Waals surface area contributed by atoms with Crippen molar-refractivity contribution >= 4 is 23.9 Å². The van der Waals surface area contributed by atoms with E-state index in [0.29, 0.717) is 31.4 Å². The Kier molecular flexibility index (Phi) is 15.7. The second-order valence-corrected chi connectivity index (χ2v) is 11.5. The molecule has 2 heterocycles. The Morgan fingerprint density at radius 3 is 1.74 bits per heavy atom. The molecule has 1 fully saturated rings. The normalized spacial score (nSPS) is 20.9. The molecule has 0 unspecified atom stereocenters. The van der Waals surface area contributed by atoms with Gasteiger partial charge in [0.1, 0.15) is 18.4 Å². The largest absolute Gasteiger partial charge is 0.463 e. The first-order chi connectivity index (χ1) is 22.3. The Hall–Kier alpha value is -3.80. The van der Waals surface area contributed by atoms with Gasteiger partial charge >= 0.3 is 23.9 Å². The molecule has 3 rings (SSSR count). The first-order valence-electron chi connectivity index (χ1n) is 16.7. The molecule has 0 N–H and O–H groups in total. The molecule has 1 aromatic carbocycles. The van der Waals surface area contributed by atoms with Crippen molar-refractivity contribution in [3.05, 3.63) is 36.5 Å². The summed E-state index contributed by atoms with van der Waals surface area (Å²) in [6.45, 7) is 7.54. The van der Waals surface area contributed by atoms with E-state index in [1.54, 1.807) is 6.20 Å². The summed E-state index contributed by atoms with van der Waals surface area (Å²) in [7, 11) is 0. The van der Waals surface area contributed by atoms with E-state index in [9.17, 15) is 19.2 Å². The number of carbonyl (C=O) groups is 4. The molecule has 1 aromatic heterocycles. The zero-order chi connectivity index (χ0) is 33.3. The second-order valence-electron chi connectivity index (χ2n) is 11.5. The van der Waals surface area contributed by atoms with E-state index in [2.05, 4.69) is 10.3 Å². The number of benzene rings is 1. The van der Waals surface area contributed by atoms with Gasteiger partial charge in [-0.15, -0.1) is 5.10 Å². The summed E-state index contributed by atoms with van der Waals surface area (Å²) in [5.74, 6) is -2.04. The van der Waals surface area contributed by atoms with Crippen molar-refractivity contribution in [1.82, 2.24) is 15.0 Å². The highest BCUT2D eigenvalue weighted by Crippen LogP contribution is 2.35. The molecule has 12 nitrogen and oxygen atoms in total. The van der Waals surface area contributed by atoms with E-state index >= 15 is 0 Å². The summed E-state index contributed by atoms with van der Waals surface area (Å²) in [5.41, 5.74) is 1.33. The summed E-state index contributed by atoms with van der Waals surface area (Å²) >= 11 is 0. The van der Waals surface area contributed by atoms with Crippen molar-refractivity contribution in [1.29, 1.82) is 0 Å². The summed E-state index contributed by atoms with van der Waals surface area (Å²) in [4.78, 5) is 51.8. The number of aromatic nitrogens is 3. The van der Waals surface area contributed by atoms with Gasteiger partial charge in [0.15, 0.2) is 24.5 Å². The summed E-state index contributed by atoms with van der Waals surface area (Å²) in [5, 5.41) is 8.59. The third-order valence-corrected chi connectivity index (χ3v) is 7.60. The smallest absolute Gasteiger partial charge is 0.306 e. The molecule has 1 aliphatic rings. The maximum atomic E-state index is 13.1. The fourth-order valence-electron chi connectivity index (χ4n) is 4.95. The fourth-order valence-corrected chi connectivity index (χ4v) is 4.95. The molecule has 46 heavy (non-hydrogen) atoms. The number of hydrogen-bond acceptors (Lipinski definition) is 11. The molecular weight excluding hydrogens is 594 g/mol. The lowest BCUT2D eigenvalue weighted by Gasteiger charge is -2.44. The Balaban J connectivity index is 2.06. The highest BCUT2D eigenvalue weighted by molar-refractivity contribution is 5.72. The number of esters is 4. The lowest BCUT2D eigenvalue weighted by molar-refractivity contribution is -0.272. The van der Waals surface area contributed by atoms with Crippen LogP contribution in [0.5, 0.6) is 0 Å². The van der Waals surface area contributed by atoms with E-state index in [4.69, 9.17) is 23.7 Å². The number of hydrogen-bond donors (Lipinski definition) is 0. The van der Waals surface area contributed by atoms with E-state index in [1.165, 1.54) is 4.68 Å². The van der Waals surface area contributed by atoms with E-state index in [-0.39, 0.29) is 32.3 Å². The van der Waals surface area contributed by atoms with Crippen molar-refractivity contribution in [2.75, 3.05) is 6.61 Å². The Morgan fingerprint density at radius 1 is 0.696 bits per heavy atom. The third kappa shape index (κ3) is 11.2. The van der Waals surface area contributed by atoms with Gasteiger partial charge in [0, 0.05) is 31.2 Å². The fraction of sp³-hybridized carbons (Fsp3) is 0.647. The first kappa shape index (κ1) is 36.7. The zero-order valence-corrected chi connectivity index (χ0v) is 27.6. The molecule has 1 aliphatic heterocycles. The van der Waals surface area contributed by atoms with Crippen molar-refractivity contribution in [2.24, 2.45) is 0 Å². The van der Waals surface area contributed by atoms with Gasteiger partial charge in [-0.25, -0.2) is 4.68 Å². The van der Waals surface area contributed by atoms with Gasteiger partial charge in [-0.3, -0.25) is 19.2 Å². The summed E-state index contributed by atoms with van der Waals surface area (Å²) in [6, 6.07) is 9.38. The van der Waals surface area contributed by atoms with Crippen LogP contribution in [0.25, 0.3) is 11.3 Å². The predicted molar refractivity (Wildman–Crippen MR) is 168 cm³/mol. The number of nitrogens with zero attached hydrogens (tertiary/aromatic N) is 3. The van der Waals surface area contributed by atoms with Gasteiger partial charge in [-0.2, -0.15) is 0 Å². The third-order valence-electron chi connectivity index (χ3n) is 7.60. The SMILES string of the molecule is CCCCC(=O)OC[C@H]1O[C@@H](n2cc(-c3ccccc3)nn2)[C@H](OC(=O)CCCC)[C@@H](OC(=O)CCCC)[C@H]1OC(=O)CCCC. The molecule has 0 aliphatic carbocycles. The molecule has 0 spiro atoms. The van der Waals surface area contributed by atoms with Gasteiger partial charge < -0.3 is 23.7 Å². The molecule has 12 heteroatoms. The molecular formula is C34H49N3O9. The minimum Gasteiger partial charge on any atom is -0.463 e. The molecule has 0 saturated carbocycles. The monoisotopic (exact) mass is 643 g/mol. The van der Waals surface area contributed by atoms with Crippen LogP contribution in [0.15, 0.2) is 36.5 Å². The molecule has 5 atom stereocenters. The van der Waals surface area contributed by atoms with Gasteiger partial charge in [-0.1, -0.05) is 88.9 Å². The van der Waals surface area contributed by atoms with Crippen molar-refractivity contribution in [3.8, 4) is 11.3 Å².